The molecule has 0 bridgehead atoms. The summed E-state index contributed by atoms with van der Waals surface area (Å²) in [4.78, 5) is 2.35. The van der Waals surface area contributed by atoms with Crippen LogP contribution in [0.5, 0.6) is 0 Å². The predicted octanol–water partition coefficient (Wildman–Crippen LogP) is 6.86. The minimum Gasteiger partial charge on any atom is -0.347 e. The Morgan fingerprint density at radius 3 is 2.50 bits per heavy atom. The maximum atomic E-state index is 2.43. The van der Waals surface area contributed by atoms with Gasteiger partial charge in [-0.2, -0.15) is 4.58 Å². The minimum atomic E-state index is 0.0893. The number of anilines is 1. The van der Waals surface area contributed by atoms with E-state index in [1.807, 2.05) is 0 Å². The van der Waals surface area contributed by atoms with Crippen LogP contribution in [0.1, 0.15) is 63.1 Å². The summed E-state index contributed by atoms with van der Waals surface area (Å²) in [6, 6.07) is 15.7. The summed E-state index contributed by atoms with van der Waals surface area (Å²) in [5, 5.41) is 0. The van der Waals surface area contributed by atoms with Gasteiger partial charge in [0.25, 0.3) is 0 Å². The smallest absolute Gasteiger partial charge is 0.209 e. The molecule has 2 aromatic rings. The van der Waals surface area contributed by atoms with E-state index in [-0.39, 0.29) is 5.41 Å². The third-order valence-corrected chi connectivity index (χ3v) is 7.42. The van der Waals surface area contributed by atoms with Gasteiger partial charge in [-0.1, -0.05) is 50.6 Å². The zero-order valence-corrected chi connectivity index (χ0v) is 19.6. The highest BCUT2D eigenvalue weighted by molar-refractivity contribution is 6.04. The van der Waals surface area contributed by atoms with Gasteiger partial charge in [0.2, 0.25) is 5.69 Å². The van der Waals surface area contributed by atoms with E-state index in [1.165, 1.54) is 45.0 Å². The van der Waals surface area contributed by atoms with Crippen molar-refractivity contribution in [3.8, 4) is 0 Å². The molecule has 2 heteroatoms. The molecule has 2 aliphatic rings. The van der Waals surface area contributed by atoms with Gasteiger partial charge in [0.1, 0.15) is 7.05 Å². The van der Waals surface area contributed by atoms with Gasteiger partial charge in [0, 0.05) is 42.1 Å². The highest BCUT2D eigenvalue weighted by Crippen LogP contribution is 2.46. The third kappa shape index (κ3) is 2.96. The Bertz CT molecular complexity index is 1050. The van der Waals surface area contributed by atoms with E-state index in [0.717, 1.165) is 12.8 Å². The molecule has 1 unspecified atom stereocenters. The lowest BCUT2D eigenvalue weighted by atomic mass is 9.72. The van der Waals surface area contributed by atoms with Crippen molar-refractivity contribution in [1.82, 2.24) is 0 Å². The summed E-state index contributed by atoms with van der Waals surface area (Å²) in [5.74, 6) is 0.419. The standard InChI is InChI=1S/C28H35N2/c1-8-28(9-2)23-16-19(3)14-15-25(23)30(7)27(28)18-20(4)17-26-21(5)22-12-10-11-13-24(22)29(26)6/h10-18,21H,8-9H2,1-7H3/q+1. The lowest BCUT2D eigenvalue weighted by molar-refractivity contribution is -0.401. The normalized spacial score (nSPS) is 21.4. The van der Waals surface area contributed by atoms with Crippen molar-refractivity contribution >= 4 is 17.1 Å². The van der Waals surface area contributed by atoms with Crippen LogP contribution >= 0.6 is 0 Å². The quantitative estimate of drug-likeness (QED) is 0.509. The highest BCUT2D eigenvalue weighted by atomic mass is 15.1. The second-order valence-corrected chi connectivity index (χ2v) is 9.05. The summed E-state index contributed by atoms with van der Waals surface area (Å²) in [6.07, 6.45) is 7.04. The predicted molar refractivity (Wildman–Crippen MR) is 129 cm³/mol. The summed E-state index contributed by atoms with van der Waals surface area (Å²) in [6.45, 7) is 11.4. The summed E-state index contributed by atoms with van der Waals surface area (Å²) >= 11 is 0. The van der Waals surface area contributed by atoms with Gasteiger partial charge >= 0.3 is 0 Å². The Balaban J connectivity index is 1.78. The van der Waals surface area contributed by atoms with Crippen molar-refractivity contribution in [1.29, 1.82) is 0 Å². The second-order valence-electron chi connectivity index (χ2n) is 9.05. The molecule has 2 nitrogen and oxygen atoms in total. The molecule has 0 amide bonds. The number of nitrogens with zero attached hydrogens (tertiary/aromatic N) is 2. The number of hydrogen-bond donors (Lipinski definition) is 0. The first kappa shape index (κ1) is 20.7. The summed E-state index contributed by atoms with van der Waals surface area (Å²) < 4.78 is 2.42. The molecule has 0 radical (unpaired) electrons. The average Bonchev–Trinajstić information content (AvgIpc) is 3.12. The van der Waals surface area contributed by atoms with E-state index in [0.29, 0.717) is 5.92 Å². The van der Waals surface area contributed by atoms with Crippen LogP contribution in [0.15, 0.2) is 65.9 Å². The van der Waals surface area contributed by atoms with Gasteiger partial charge in [-0.05, 0) is 56.0 Å². The van der Waals surface area contributed by atoms with Gasteiger partial charge in [0.05, 0.1) is 5.41 Å². The molecular formula is C28H35N2+. The Labute approximate surface area is 182 Å². The lowest BCUT2D eigenvalue weighted by Crippen LogP contribution is -2.33. The van der Waals surface area contributed by atoms with Crippen molar-refractivity contribution in [2.45, 2.75) is 58.8 Å². The summed E-state index contributed by atoms with van der Waals surface area (Å²) in [5.41, 5.74) is 11.1. The second kappa shape index (κ2) is 7.58. The van der Waals surface area contributed by atoms with Crippen LogP contribution in [0, 0.1) is 6.92 Å². The van der Waals surface area contributed by atoms with Crippen molar-refractivity contribution in [3.05, 3.63) is 82.6 Å². The molecule has 0 saturated heterocycles. The van der Waals surface area contributed by atoms with E-state index in [9.17, 15) is 0 Å². The third-order valence-electron chi connectivity index (χ3n) is 7.42. The molecule has 0 aliphatic carbocycles. The van der Waals surface area contributed by atoms with Gasteiger partial charge in [-0.15, -0.1) is 0 Å². The van der Waals surface area contributed by atoms with Crippen molar-refractivity contribution < 1.29 is 4.58 Å². The summed E-state index contributed by atoms with van der Waals surface area (Å²) in [7, 11) is 4.42. The number of rotatable bonds is 4. The zero-order valence-electron chi connectivity index (χ0n) is 19.6. The lowest BCUT2D eigenvalue weighted by Gasteiger charge is -2.25. The SMILES string of the molecule is CCC1(CC)C(C=C(C)C=C2C(C)c3ccccc3N2C)=[N+](C)c2ccc(C)cc21. The van der Waals surface area contributed by atoms with Gasteiger partial charge < -0.3 is 4.90 Å². The molecule has 0 saturated carbocycles. The van der Waals surface area contributed by atoms with Crippen molar-refractivity contribution in [2.75, 3.05) is 19.0 Å². The fourth-order valence-corrected chi connectivity index (χ4v) is 5.60. The number of fused-ring (bicyclic) bond motifs is 2. The molecule has 1 atom stereocenters. The monoisotopic (exact) mass is 399 g/mol. The number of hydrogen-bond acceptors (Lipinski definition) is 1. The number of benzene rings is 2. The maximum absolute atomic E-state index is 2.43. The molecule has 0 aromatic heterocycles. The Kier molecular flexibility index (Phi) is 5.22. The van der Waals surface area contributed by atoms with Gasteiger partial charge in [-0.3, -0.25) is 0 Å². The highest BCUT2D eigenvalue weighted by Gasteiger charge is 2.47. The molecule has 0 fully saturated rings. The molecule has 30 heavy (non-hydrogen) atoms. The molecule has 156 valence electrons. The van der Waals surface area contributed by atoms with E-state index < -0.39 is 0 Å². The van der Waals surface area contributed by atoms with E-state index in [2.05, 4.69) is 113 Å². The molecule has 0 spiro atoms. The topological polar surface area (TPSA) is 6.25 Å². The first-order valence-corrected chi connectivity index (χ1v) is 11.3. The van der Waals surface area contributed by atoms with Crippen LogP contribution < -0.4 is 4.90 Å². The Morgan fingerprint density at radius 1 is 1.13 bits per heavy atom. The molecule has 0 N–H and O–H groups in total. The largest absolute Gasteiger partial charge is 0.347 e. The Hall–Kier alpha value is -2.61. The molecule has 4 rings (SSSR count). The number of para-hydroxylation sites is 1. The molecule has 2 aromatic carbocycles. The Morgan fingerprint density at radius 2 is 1.83 bits per heavy atom. The van der Waals surface area contributed by atoms with Gasteiger partial charge in [0.15, 0.2) is 5.71 Å². The fourth-order valence-electron chi connectivity index (χ4n) is 5.60. The number of aryl methyl sites for hydroxylation is 1. The maximum Gasteiger partial charge on any atom is 0.209 e. The number of allylic oxidation sites excluding steroid dienone is 4. The molecule has 2 heterocycles. The number of likely N-dealkylation sites (N-methyl/N-ethyl adjacent to an activating group) is 1. The van der Waals surface area contributed by atoms with Crippen LogP contribution in [0.4, 0.5) is 11.4 Å². The van der Waals surface area contributed by atoms with E-state index in [4.69, 9.17) is 0 Å². The first-order valence-electron chi connectivity index (χ1n) is 11.3. The van der Waals surface area contributed by atoms with E-state index in [1.54, 1.807) is 0 Å². The van der Waals surface area contributed by atoms with Gasteiger partial charge in [-0.25, -0.2) is 0 Å². The fraction of sp³-hybridized carbons (Fsp3) is 0.393. The van der Waals surface area contributed by atoms with Crippen LogP contribution in [0.2, 0.25) is 0 Å². The van der Waals surface area contributed by atoms with E-state index >= 15 is 0 Å². The van der Waals surface area contributed by atoms with Crippen LogP contribution in [-0.2, 0) is 5.41 Å². The van der Waals surface area contributed by atoms with Crippen LogP contribution in [-0.4, -0.2) is 24.4 Å². The zero-order chi connectivity index (χ0) is 21.6. The molecular weight excluding hydrogens is 364 g/mol. The molecule has 2 aliphatic heterocycles. The first-order chi connectivity index (χ1) is 14.3. The van der Waals surface area contributed by atoms with Crippen LogP contribution in [0.3, 0.4) is 0 Å². The minimum absolute atomic E-state index is 0.0893. The van der Waals surface area contributed by atoms with Crippen molar-refractivity contribution in [2.24, 2.45) is 0 Å². The average molecular weight is 400 g/mol. The van der Waals surface area contributed by atoms with Crippen molar-refractivity contribution in [3.63, 3.8) is 0 Å². The van der Waals surface area contributed by atoms with Crippen LogP contribution in [0.25, 0.3) is 0 Å².